The topological polar surface area (TPSA) is 55.7 Å². The fourth-order valence-electron chi connectivity index (χ4n) is 3.14. The lowest BCUT2D eigenvalue weighted by atomic mass is 10.1. The van der Waals surface area contributed by atoms with Gasteiger partial charge in [-0.15, -0.1) is 10.2 Å². The van der Waals surface area contributed by atoms with Gasteiger partial charge in [-0.05, 0) is 25.1 Å². The van der Waals surface area contributed by atoms with E-state index in [1.807, 2.05) is 26.1 Å². The molecule has 0 unspecified atom stereocenters. The van der Waals surface area contributed by atoms with Gasteiger partial charge in [0, 0.05) is 45.3 Å². The third-order valence-electron chi connectivity index (χ3n) is 4.89. The zero-order valence-electron chi connectivity index (χ0n) is 15.5. The zero-order valence-corrected chi connectivity index (χ0v) is 15.5. The maximum atomic E-state index is 5.49. The van der Waals surface area contributed by atoms with Crippen molar-refractivity contribution in [3.8, 4) is 11.5 Å². The molecule has 1 aliphatic heterocycles. The van der Waals surface area contributed by atoms with E-state index in [1.165, 1.54) is 5.56 Å². The molecule has 1 saturated heterocycles. The molecule has 7 nitrogen and oxygen atoms in total. The molecule has 1 aromatic heterocycles. The van der Waals surface area contributed by atoms with Gasteiger partial charge in [0.25, 0.3) is 0 Å². The minimum Gasteiger partial charge on any atom is -0.497 e. The summed E-state index contributed by atoms with van der Waals surface area (Å²) in [5, 5.41) is 8.40. The number of rotatable bonds is 6. The molecule has 1 fully saturated rings. The Hall–Kier alpha value is -2.12. The van der Waals surface area contributed by atoms with Gasteiger partial charge in [-0.2, -0.15) is 0 Å². The van der Waals surface area contributed by atoms with Crippen LogP contribution in [0.15, 0.2) is 18.2 Å². The molecule has 3 rings (SSSR count). The van der Waals surface area contributed by atoms with E-state index in [2.05, 4.69) is 30.6 Å². The Balaban J connectivity index is 1.57. The van der Waals surface area contributed by atoms with E-state index in [4.69, 9.17) is 9.47 Å². The van der Waals surface area contributed by atoms with Crippen molar-refractivity contribution in [2.75, 3.05) is 40.4 Å². The fraction of sp³-hybridized carbons (Fsp3) is 0.556. The summed E-state index contributed by atoms with van der Waals surface area (Å²) in [5.41, 5.74) is 1.17. The van der Waals surface area contributed by atoms with Crippen molar-refractivity contribution in [2.24, 2.45) is 7.05 Å². The van der Waals surface area contributed by atoms with Crippen LogP contribution in [0, 0.1) is 6.92 Å². The first-order valence-electron chi connectivity index (χ1n) is 8.61. The predicted molar refractivity (Wildman–Crippen MR) is 95.8 cm³/mol. The minimum atomic E-state index is 0.855. The lowest BCUT2D eigenvalue weighted by molar-refractivity contribution is 0.118. The minimum absolute atomic E-state index is 0.855. The molecule has 0 atom stereocenters. The quantitative estimate of drug-likeness (QED) is 0.790. The summed E-state index contributed by atoms with van der Waals surface area (Å²) in [6, 6.07) is 5.97. The van der Waals surface area contributed by atoms with Gasteiger partial charge in [0.2, 0.25) is 0 Å². The first-order valence-corrected chi connectivity index (χ1v) is 8.61. The van der Waals surface area contributed by atoms with Crippen LogP contribution in [0.2, 0.25) is 0 Å². The van der Waals surface area contributed by atoms with Crippen molar-refractivity contribution in [2.45, 2.75) is 20.0 Å². The Bertz CT molecular complexity index is 707. The summed E-state index contributed by atoms with van der Waals surface area (Å²) in [4.78, 5) is 4.89. The lowest BCUT2D eigenvalue weighted by Gasteiger charge is -2.34. The Morgan fingerprint density at radius 2 is 1.64 bits per heavy atom. The Morgan fingerprint density at radius 1 is 0.960 bits per heavy atom. The summed E-state index contributed by atoms with van der Waals surface area (Å²) in [7, 11) is 5.43. The molecule has 0 bridgehead atoms. The number of hydrogen-bond donors (Lipinski definition) is 0. The van der Waals surface area contributed by atoms with Gasteiger partial charge in [0.05, 0.1) is 20.8 Å². The summed E-state index contributed by atoms with van der Waals surface area (Å²) < 4.78 is 12.9. The average Bonchev–Trinajstić information content (AvgIpc) is 2.95. The van der Waals surface area contributed by atoms with Crippen LogP contribution in [0.3, 0.4) is 0 Å². The second-order valence-corrected chi connectivity index (χ2v) is 6.45. The molecule has 0 radical (unpaired) electrons. The molecule has 0 saturated carbocycles. The molecule has 0 amide bonds. The highest BCUT2D eigenvalue weighted by Gasteiger charge is 2.20. The highest BCUT2D eigenvalue weighted by molar-refractivity contribution is 5.40. The number of benzene rings is 1. The average molecular weight is 345 g/mol. The molecular weight excluding hydrogens is 318 g/mol. The molecule has 1 aliphatic rings. The maximum Gasteiger partial charge on any atom is 0.146 e. The van der Waals surface area contributed by atoms with Crippen LogP contribution in [-0.4, -0.2) is 65.0 Å². The van der Waals surface area contributed by atoms with Gasteiger partial charge >= 0.3 is 0 Å². The van der Waals surface area contributed by atoms with E-state index in [0.29, 0.717) is 0 Å². The highest BCUT2D eigenvalue weighted by Crippen LogP contribution is 2.25. The van der Waals surface area contributed by atoms with Crippen LogP contribution in [0.1, 0.15) is 17.2 Å². The van der Waals surface area contributed by atoms with Crippen molar-refractivity contribution in [1.29, 1.82) is 0 Å². The van der Waals surface area contributed by atoms with E-state index in [9.17, 15) is 0 Å². The predicted octanol–water partition coefficient (Wildman–Crippen LogP) is 1.46. The van der Waals surface area contributed by atoms with Gasteiger partial charge in [0.1, 0.15) is 23.1 Å². The van der Waals surface area contributed by atoms with Crippen molar-refractivity contribution in [3.63, 3.8) is 0 Å². The molecule has 136 valence electrons. The summed E-state index contributed by atoms with van der Waals surface area (Å²) >= 11 is 0. The first kappa shape index (κ1) is 17.7. The number of ether oxygens (including phenoxy) is 2. The maximum absolute atomic E-state index is 5.49. The van der Waals surface area contributed by atoms with E-state index >= 15 is 0 Å². The van der Waals surface area contributed by atoms with E-state index in [0.717, 1.165) is 62.4 Å². The van der Waals surface area contributed by atoms with Crippen LogP contribution in [-0.2, 0) is 20.1 Å². The van der Waals surface area contributed by atoms with Crippen LogP contribution < -0.4 is 9.47 Å². The van der Waals surface area contributed by atoms with Gasteiger partial charge in [-0.1, -0.05) is 0 Å². The van der Waals surface area contributed by atoms with Crippen molar-refractivity contribution in [3.05, 3.63) is 35.4 Å². The molecule has 0 spiro atoms. The Labute approximate surface area is 149 Å². The van der Waals surface area contributed by atoms with Crippen molar-refractivity contribution < 1.29 is 9.47 Å². The smallest absolute Gasteiger partial charge is 0.146 e. The van der Waals surface area contributed by atoms with E-state index in [-0.39, 0.29) is 0 Å². The fourth-order valence-corrected chi connectivity index (χ4v) is 3.14. The summed E-state index contributed by atoms with van der Waals surface area (Å²) in [6.07, 6.45) is 0. The summed E-state index contributed by atoms with van der Waals surface area (Å²) in [5.74, 6) is 3.77. The van der Waals surface area contributed by atoms with E-state index < -0.39 is 0 Å². The second kappa shape index (κ2) is 7.84. The van der Waals surface area contributed by atoms with Gasteiger partial charge in [-0.3, -0.25) is 9.80 Å². The Morgan fingerprint density at radius 3 is 2.20 bits per heavy atom. The summed E-state index contributed by atoms with van der Waals surface area (Å²) in [6.45, 7) is 7.81. The number of nitrogens with zero attached hydrogens (tertiary/aromatic N) is 5. The Kier molecular flexibility index (Phi) is 5.55. The molecule has 2 heterocycles. The molecular formula is C18H27N5O2. The highest BCUT2D eigenvalue weighted by atomic mass is 16.5. The number of aromatic nitrogens is 3. The molecule has 7 heteroatoms. The lowest BCUT2D eigenvalue weighted by Crippen LogP contribution is -2.45. The first-order chi connectivity index (χ1) is 12.1. The standard InChI is InChI=1S/C18H27N5O2/c1-14-19-20-18(21(14)2)13-23-9-7-22(8-10-23)12-15-11-16(24-3)5-6-17(15)25-4/h5-6,11H,7-10,12-13H2,1-4H3. The zero-order chi connectivity index (χ0) is 17.8. The molecule has 0 aliphatic carbocycles. The molecule has 1 aromatic carbocycles. The van der Waals surface area contributed by atoms with Crippen LogP contribution in [0.5, 0.6) is 11.5 Å². The van der Waals surface area contributed by atoms with Crippen LogP contribution in [0.4, 0.5) is 0 Å². The largest absolute Gasteiger partial charge is 0.497 e. The van der Waals surface area contributed by atoms with Crippen LogP contribution >= 0.6 is 0 Å². The molecule has 2 aromatic rings. The second-order valence-electron chi connectivity index (χ2n) is 6.45. The van der Waals surface area contributed by atoms with Crippen LogP contribution in [0.25, 0.3) is 0 Å². The van der Waals surface area contributed by atoms with Gasteiger partial charge in [-0.25, -0.2) is 0 Å². The van der Waals surface area contributed by atoms with Crippen molar-refractivity contribution in [1.82, 2.24) is 24.6 Å². The SMILES string of the molecule is COc1ccc(OC)c(CN2CCN(Cc3nnc(C)n3C)CC2)c1. The number of piperazine rings is 1. The third kappa shape index (κ3) is 4.11. The van der Waals surface area contributed by atoms with E-state index in [1.54, 1.807) is 14.2 Å². The number of aryl methyl sites for hydroxylation is 1. The third-order valence-corrected chi connectivity index (χ3v) is 4.89. The normalized spacial score (nSPS) is 16.2. The molecule has 25 heavy (non-hydrogen) atoms. The number of methoxy groups -OCH3 is 2. The van der Waals surface area contributed by atoms with Gasteiger partial charge in [0.15, 0.2) is 0 Å². The monoisotopic (exact) mass is 345 g/mol. The number of hydrogen-bond acceptors (Lipinski definition) is 6. The van der Waals surface area contributed by atoms with Crippen molar-refractivity contribution >= 4 is 0 Å². The van der Waals surface area contributed by atoms with Gasteiger partial charge < -0.3 is 14.0 Å². The molecule has 0 N–H and O–H groups in total.